The third kappa shape index (κ3) is 2.68. The maximum Gasteiger partial charge on any atom is 0.339 e. The average molecular weight is 382 g/mol. The molecule has 28 heavy (non-hydrogen) atoms. The minimum atomic E-state index is -0.743. The molecular formula is C22H26N2O4. The number of rotatable bonds is 4. The van der Waals surface area contributed by atoms with E-state index in [4.69, 9.17) is 9.26 Å². The summed E-state index contributed by atoms with van der Waals surface area (Å²) in [7, 11) is 0. The van der Waals surface area contributed by atoms with Crippen molar-refractivity contribution in [3.8, 4) is 0 Å². The molecule has 2 heterocycles. The van der Waals surface area contributed by atoms with E-state index >= 15 is 0 Å². The van der Waals surface area contributed by atoms with Gasteiger partial charge in [0.1, 0.15) is 0 Å². The SMILES string of the molecule is Cc1cc(C(=O)O[C@H](C)C(=O)C23CC4CC(CC(C4)C2)C3)c2c(C)noc2n1. The molecule has 0 radical (unpaired) electrons. The molecule has 6 nitrogen and oxygen atoms in total. The van der Waals surface area contributed by atoms with Gasteiger partial charge in [-0.2, -0.15) is 0 Å². The fourth-order valence-electron chi connectivity index (χ4n) is 6.50. The van der Waals surface area contributed by atoms with Gasteiger partial charge in [-0.05, 0) is 83.1 Å². The monoisotopic (exact) mass is 382 g/mol. The molecule has 0 aliphatic heterocycles. The Morgan fingerprint density at radius 2 is 1.75 bits per heavy atom. The van der Waals surface area contributed by atoms with Crippen molar-refractivity contribution in [2.45, 2.75) is 65.4 Å². The highest BCUT2D eigenvalue weighted by Crippen LogP contribution is 2.60. The highest BCUT2D eigenvalue weighted by molar-refractivity contribution is 6.04. The number of pyridine rings is 1. The molecule has 6 rings (SSSR count). The number of carbonyl (C=O) groups is 2. The Morgan fingerprint density at radius 3 is 2.36 bits per heavy atom. The summed E-state index contributed by atoms with van der Waals surface area (Å²) in [4.78, 5) is 30.6. The number of carbonyl (C=O) groups excluding carboxylic acids is 2. The lowest BCUT2D eigenvalue weighted by molar-refractivity contribution is -0.152. The molecule has 0 unspecified atom stereocenters. The standard InChI is InChI=1S/C22H26N2O4/c1-11-4-17(18-12(2)24-28-20(18)23-11)21(26)27-13(3)19(25)22-8-14-5-15(9-22)7-16(6-14)10-22/h4,13-16H,5-10H2,1-3H3/t13-,14?,15?,16?,22?/m1/s1. The van der Waals surface area contributed by atoms with Gasteiger partial charge < -0.3 is 9.26 Å². The van der Waals surface area contributed by atoms with Crippen molar-refractivity contribution in [1.82, 2.24) is 10.1 Å². The van der Waals surface area contributed by atoms with Crippen LogP contribution in [0.25, 0.3) is 11.1 Å². The van der Waals surface area contributed by atoms with Crippen LogP contribution in [0.15, 0.2) is 10.6 Å². The van der Waals surface area contributed by atoms with Gasteiger partial charge in [0.05, 0.1) is 16.6 Å². The number of Topliss-reactive ketones (excluding diaryl/α,β-unsaturated/α-hetero) is 1. The van der Waals surface area contributed by atoms with Crippen molar-refractivity contribution >= 4 is 22.9 Å². The molecule has 4 aliphatic carbocycles. The number of hydrogen-bond donors (Lipinski definition) is 0. The first-order chi connectivity index (χ1) is 13.3. The van der Waals surface area contributed by atoms with E-state index in [9.17, 15) is 9.59 Å². The topological polar surface area (TPSA) is 82.3 Å². The quantitative estimate of drug-likeness (QED) is 0.738. The molecule has 2 aromatic heterocycles. The Hall–Kier alpha value is -2.24. The van der Waals surface area contributed by atoms with E-state index in [2.05, 4.69) is 10.1 Å². The van der Waals surface area contributed by atoms with Crippen LogP contribution in [-0.2, 0) is 9.53 Å². The van der Waals surface area contributed by atoms with Crippen molar-refractivity contribution in [1.29, 1.82) is 0 Å². The molecule has 4 fully saturated rings. The largest absolute Gasteiger partial charge is 0.451 e. The lowest BCUT2D eigenvalue weighted by Gasteiger charge is -2.56. The highest BCUT2D eigenvalue weighted by Gasteiger charge is 2.55. The summed E-state index contributed by atoms with van der Waals surface area (Å²) in [6.07, 6.45) is 6.02. The Bertz CT molecular complexity index is 941. The molecule has 0 saturated heterocycles. The maximum atomic E-state index is 13.4. The van der Waals surface area contributed by atoms with Crippen molar-refractivity contribution in [2.24, 2.45) is 23.2 Å². The molecule has 0 aromatic carbocycles. The second-order valence-electron chi connectivity index (χ2n) is 9.37. The zero-order chi connectivity index (χ0) is 19.6. The van der Waals surface area contributed by atoms with Crippen LogP contribution in [0.2, 0.25) is 0 Å². The highest BCUT2D eigenvalue weighted by atomic mass is 16.5. The van der Waals surface area contributed by atoms with Gasteiger partial charge in [0.15, 0.2) is 11.9 Å². The number of ether oxygens (including phenoxy) is 1. The van der Waals surface area contributed by atoms with E-state index in [0.29, 0.717) is 45.8 Å². The van der Waals surface area contributed by atoms with Gasteiger partial charge in [-0.3, -0.25) is 4.79 Å². The fraction of sp³-hybridized carbons (Fsp3) is 0.636. The lowest BCUT2D eigenvalue weighted by atomic mass is 9.48. The minimum absolute atomic E-state index is 0.115. The van der Waals surface area contributed by atoms with Crippen LogP contribution < -0.4 is 0 Å². The van der Waals surface area contributed by atoms with Gasteiger partial charge in [0.2, 0.25) is 0 Å². The van der Waals surface area contributed by atoms with Crippen LogP contribution in [0.3, 0.4) is 0 Å². The number of esters is 1. The fourth-order valence-corrected chi connectivity index (χ4v) is 6.50. The lowest BCUT2D eigenvalue weighted by Crippen LogP contribution is -2.52. The molecule has 0 amide bonds. The van der Waals surface area contributed by atoms with E-state index in [1.54, 1.807) is 26.8 Å². The smallest absolute Gasteiger partial charge is 0.339 e. The molecule has 6 heteroatoms. The summed E-state index contributed by atoms with van der Waals surface area (Å²) in [5.74, 6) is 1.65. The molecule has 1 atom stereocenters. The van der Waals surface area contributed by atoms with E-state index < -0.39 is 12.1 Å². The van der Waals surface area contributed by atoms with E-state index in [-0.39, 0.29) is 11.2 Å². The normalized spacial score (nSPS) is 31.9. The van der Waals surface area contributed by atoms with Crippen LogP contribution in [0, 0.1) is 37.0 Å². The summed E-state index contributed by atoms with van der Waals surface area (Å²) in [5, 5.41) is 4.47. The van der Waals surface area contributed by atoms with Crippen LogP contribution in [-0.4, -0.2) is 28.0 Å². The number of nitrogens with zero attached hydrogens (tertiary/aromatic N) is 2. The van der Waals surface area contributed by atoms with E-state index in [0.717, 1.165) is 19.3 Å². The van der Waals surface area contributed by atoms with Gasteiger partial charge in [-0.15, -0.1) is 0 Å². The summed E-state index contributed by atoms with van der Waals surface area (Å²) < 4.78 is 10.9. The van der Waals surface area contributed by atoms with E-state index in [1.807, 2.05) is 0 Å². The Kier molecular flexibility index (Phi) is 3.90. The first-order valence-electron chi connectivity index (χ1n) is 10.3. The van der Waals surface area contributed by atoms with Gasteiger partial charge >= 0.3 is 5.97 Å². The van der Waals surface area contributed by atoms with Gasteiger partial charge in [0.25, 0.3) is 5.71 Å². The maximum absolute atomic E-state index is 13.4. The number of ketones is 1. The number of hydrogen-bond acceptors (Lipinski definition) is 6. The van der Waals surface area contributed by atoms with Crippen molar-refractivity contribution < 1.29 is 18.8 Å². The molecule has 4 aliphatic rings. The predicted molar refractivity (Wildman–Crippen MR) is 102 cm³/mol. The van der Waals surface area contributed by atoms with E-state index in [1.165, 1.54) is 19.3 Å². The van der Waals surface area contributed by atoms with Crippen LogP contribution in [0.5, 0.6) is 0 Å². The Balaban J connectivity index is 1.39. The van der Waals surface area contributed by atoms with Gasteiger partial charge in [-0.1, -0.05) is 5.16 Å². The van der Waals surface area contributed by atoms with Crippen LogP contribution >= 0.6 is 0 Å². The zero-order valence-electron chi connectivity index (χ0n) is 16.7. The summed E-state index contributed by atoms with van der Waals surface area (Å²) >= 11 is 0. The Labute approximate surface area is 164 Å². The summed E-state index contributed by atoms with van der Waals surface area (Å²) in [6, 6.07) is 1.68. The molecular weight excluding hydrogens is 356 g/mol. The van der Waals surface area contributed by atoms with Crippen LogP contribution in [0.1, 0.15) is 67.2 Å². The molecule has 148 valence electrons. The second-order valence-corrected chi connectivity index (χ2v) is 9.37. The number of aryl methyl sites for hydroxylation is 2. The average Bonchev–Trinajstić information content (AvgIpc) is 2.99. The molecule has 0 N–H and O–H groups in total. The first kappa shape index (κ1) is 17.8. The zero-order valence-corrected chi connectivity index (χ0v) is 16.7. The number of aromatic nitrogens is 2. The Morgan fingerprint density at radius 1 is 1.14 bits per heavy atom. The third-order valence-corrected chi connectivity index (χ3v) is 7.18. The van der Waals surface area contributed by atoms with Gasteiger partial charge in [-0.25, -0.2) is 9.78 Å². The summed E-state index contributed by atoms with van der Waals surface area (Å²) in [5.41, 5.74) is 1.66. The second kappa shape index (κ2) is 6.13. The molecule has 2 aromatic rings. The first-order valence-corrected chi connectivity index (χ1v) is 10.3. The van der Waals surface area contributed by atoms with Crippen LogP contribution in [0.4, 0.5) is 0 Å². The predicted octanol–water partition coefficient (Wildman–Crippen LogP) is 4.17. The molecule has 0 spiro atoms. The van der Waals surface area contributed by atoms with Crippen molar-refractivity contribution in [2.75, 3.05) is 0 Å². The van der Waals surface area contributed by atoms with Crippen molar-refractivity contribution in [3.05, 3.63) is 23.0 Å². The van der Waals surface area contributed by atoms with Crippen molar-refractivity contribution in [3.63, 3.8) is 0 Å². The molecule has 4 saturated carbocycles. The number of fused-ring (bicyclic) bond motifs is 1. The van der Waals surface area contributed by atoms with Gasteiger partial charge in [0, 0.05) is 11.1 Å². The molecule has 4 bridgehead atoms. The third-order valence-electron chi connectivity index (χ3n) is 7.18. The summed E-state index contributed by atoms with van der Waals surface area (Å²) in [6.45, 7) is 5.28. The minimum Gasteiger partial charge on any atom is -0.451 e.